The lowest BCUT2D eigenvalue weighted by molar-refractivity contribution is 0.169. The molecule has 0 bridgehead atoms. The SMILES string of the molecule is CCC(N)C(Oc1ccc(F)cc1Br)c1ccccc1C. The second-order valence-corrected chi connectivity index (χ2v) is 5.90. The van der Waals surface area contributed by atoms with E-state index in [0.717, 1.165) is 17.5 Å². The number of hydrogen-bond acceptors (Lipinski definition) is 2. The zero-order valence-corrected chi connectivity index (χ0v) is 13.7. The molecule has 0 aliphatic carbocycles. The van der Waals surface area contributed by atoms with Gasteiger partial charge in [-0.1, -0.05) is 31.2 Å². The maximum Gasteiger partial charge on any atom is 0.139 e. The average molecular weight is 352 g/mol. The molecule has 2 nitrogen and oxygen atoms in total. The lowest BCUT2D eigenvalue weighted by atomic mass is 9.97. The van der Waals surface area contributed by atoms with Gasteiger partial charge < -0.3 is 10.5 Å². The molecule has 0 aliphatic rings. The van der Waals surface area contributed by atoms with E-state index in [1.807, 2.05) is 38.1 Å². The van der Waals surface area contributed by atoms with Crippen LogP contribution < -0.4 is 10.5 Å². The maximum absolute atomic E-state index is 13.2. The molecular weight excluding hydrogens is 333 g/mol. The molecule has 2 rings (SSSR count). The molecule has 0 spiro atoms. The van der Waals surface area contributed by atoms with Crippen molar-refractivity contribution in [2.75, 3.05) is 0 Å². The molecule has 0 fully saturated rings. The van der Waals surface area contributed by atoms with Crippen molar-refractivity contribution in [3.63, 3.8) is 0 Å². The lowest BCUT2D eigenvalue weighted by Gasteiger charge is -2.26. The van der Waals surface area contributed by atoms with E-state index >= 15 is 0 Å². The number of halogens is 2. The number of nitrogens with two attached hydrogens (primary N) is 1. The predicted molar refractivity (Wildman–Crippen MR) is 86.9 cm³/mol. The van der Waals surface area contributed by atoms with E-state index in [9.17, 15) is 4.39 Å². The quantitative estimate of drug-likeness (QED) is 0.843. The van der Waals surface area contributed by atoms with Crippen LogP contribution in [0.1, 0.15) is 30.6 Å². The molecule has 2 aromatic carbocycles. The number of ether oxygens (including phenoxy) is 1. The van der Waals surface area contributed by atoms with E-state index in [1.165, 1.54) is 12.1 Å². The highest BCUT2D eigenvalue weighted by Gasteiger charge is 2.23. The maximum atomic E-state index is 13.2. The van der Waals surface area contributed by atoms with Gasteiger partial charge in [0.1, 0.15) is 17.7 Å². The molecule has 2 N–H and O–H groups in total. The fourth-order valence-electron chi connectivity index (χ4n) is 2.21. The molecule has 0 heterocycles. The summed E-state index contributed by atoms with van der Waals surface area (Å²) in [5.74, 6) is 0.287. The van der Waals surface area contributed by atoms with Crippen molar-refractivity contribution in [2.24, 2.45) is 5.73 Å². The number of benzene rings is 2. The normalized spacial score (nSPS) is 13.8. The zero-order valence-electron chi connectivity index (χ0n) is 12.1. The van der Waals surface area contributed by atoms with Crippen LogP contribution in [0, 0.1) is 12.7 Å². The Bertz CT molecular complexity index is 617. The van der Waals surface area contributed by atoms with Gasteiger partial charge in [-0.3, -0.25) is 0 Å². The van der Waals surface area contributed by atoms with Gasteiger partial charge in [0.2, 0.25) is 0 Å². The van der Waals surface area contributed by atoms with Gasteiger partial charge in [0.05, 0.1) is 4.47 Å². The zero-order chi connectivity index (χ0) is 15.4. The lowest BCUT2D eigenvalue weighted by Crippen LogP contribution is -2.32. The first kappa shape index (κ1) is 16.0. The minimum atomic E-state index is -0.304. The molecule has 0 aliphatic heterocycles. The fourth-order valence-corrected chi connectivity index (χ4v) is 2.65. The minimum absolute atomic E-state index is 0.136. The molecule has 0 amide bonds. The summed E-state index contributed by atoms with van der Waals surface area (Å²) in [5.41, 5.74) is 8.42. The summed E-state index contributed by atoms with van der Waals surface area (Å²) in [6, 6.07) is 12.3. The van der Waals surface area contributed by atoms with Crippen LogP contribution in [0.15, 0.2) is 46.9 Å². The Morgan fingerprint density at radius 2 is 1.95 bits per heavy atom. The topological polar surface area (TPSA) is 35.2 Å². The highest BCUT2D eigenvalue weighted by molar-refractivity contribution is 9.10. The smallest absolute Gasteiger partial charge is 0.139 e. The van der Waals surface area contributed by atoms with Crippen molar-refractivity contribution >= 4 is 15.9 Å². The summed E-state index contributed by atoms with van der Waals surface area (Å²) in [6.07, 6.45) is 0.524. The van der Waals surface area contributed by atoms with Crippen molar-refractivity contribution in [1.82, 2.24) is 0 Å². The fraction of sp³-hybridized carbons (Fsp3) is 0.294. The third-order valence-electron chi connectivity index (χ3n) is 3.50. The standard InChI is InChI=1S/C17H19BrFNO/c1-3-15(20)17(13-7-5-4-6-11(13)2)21-16-9-8-12(19)10-14(16)18/h4-10,15,17H,3,20H2,1-2H3. The average Bonchev–Trinajstić information content (AvgIpc) is 2.47. The Morgan fingerprint density at radius 1 is 1.24 bits per heavy atom. The first-order valence-electron chi connectivity index (χ1n) is 6.95. The Kier molecular flexibility index (Phi) is 5.37. The van der Waals surface area contributed by atoms with Gasteiger partial charge in [0.25, 0.3) is 0 Å². The summed E-state index contributed by atoms with van der Waals surface area (Å²) in [5, 5.41) is 0. The van der Waals surface area contributed by atoms with Crippen LogP contribution in [-0.2, 0) is 0 Å². The monoisotopic (exact) mass is 351 g/mol. The van der Waals surface area contributed by atoms with E-state index in [4.69, 9.17) is 10.5 Å². The molecule has 0 radical (unpaired) electrons. The third-order valence-corrected chi connectivity index (χ3v) is 4.12. The second kappa shape index (κ2) is 7.05. The van der Waals surface area contributed by atoms with Crippen LogP contribution in [0.3, 0.4) is 0 Å². The molecule has 112 valence electrons. The van der Waals surface area contributed by atoms with Gasteiger partial charge in [0.15, 0.2) is 0 Å². The van der Waals surface area contributed by atoms with Crippen LogP contribution >= 0.6 is 15.9 Å². The van der Waals surface area contributed by atoms with Gasteiger partial charge in [0, 0.05) is 6.04 Å². The summed E-state index contributed by atoms with van der Waals surface area (Å²) in [6.45, 7) is 4.06. The second-order valence-electron chi connectivity index (χ2n) is 5.04. The minimum Gasteiger partial charge on any atom is -0.483 e. The largest absolute Gasteiger partial charge is 0.483 e. The molecule has 2 atom stereocenters. The summed E-state index contributed by atoms with van der Waals surface area (Å²) >= 11 is 3.33. The van der Waals surface area contributed by atoms with Crippen LogP contribution in [0.4, 0.5) is 4.39 Å². The first-order chi connectivity index (χ1) is 10.0. The van der Waals surface area contributed by atoms with Crippen molar-refractivity contribution in [3.8, 4) is 5.75 Å². The highest BCUT2D eigenvalue weighted by atomic mass is 79.9. The van der Waals surface area contributed by atoms with Crippen LogP contribution in [0.5, 0.6) is 5.75 Å². The van der Waals surface area contributed by atoms with Gasteiger partial charge >= 0.3 is 0 Å². The van der Waals surface area contributed by atoms with Crippen molar-refractivity contribution in [3.05, 3.63) is 63.9 Å². The Morgan fingerprint density at radius 3 is 2.57 bits per heavy atom. The Labute approximate surface area is 133 Å². The molecule has 0 aromatic heterocycles. The first-order valence-corrected chi connectivity index (χ1v) is 7.75. The van der Waals surface area contributed by atoms with E-state index in [0.29, 0.717) is 10.2 Å². The van der Waals surface area contributed by atoms with E-state index < -0.39 is 0 Å². The molecule has 2 unspecified atom stereocenters. The van der Waals surface area contributed by atoms with Gasteiger partial charge in [-0.15, -0.1) is 0 Å². The van der Waals surface area contributed by atoms with Crippen LogP contribution in [-0.4, -0.2) is 6.04 Å². The predicted octanol–water partition coefficient (Wildman–Crippen LogP) is 4.75. The van der Waals surface area contributed by atoms with E-state index in [1.54, 1.807) is 6.07 Å². The molecule has 21 heavy (non-hydrogen) atoms. The van der Waals surface area contributed by atoms with Crippen LogP contribution in [0.2, 0.25) is 0 Å². The molecule has 4 heteroatoms. The number of aryl methyl sites for hydroxylation is 1. The van der Waals surface area contributed by atoms with E-state index in [2.05, 4.69) is 15.9 Å². The number of hydrogen-bond donors (Lipinski definition) is 1. The molecule has 2 aromatic rings. The summed E-state index contributed by atoms with van der Waals surface area (Å²) in [7, 11) is 0. The van der Waals surface area contributed by atoms with Gasteiger partial charge in [-0.2, -0.15) is 0 Å². The van der Waals surface area contributed by atoms with Crippen molar-refractivity contribution < 1.29 is 9.13 Å². The van der Waals surface area contributed by atoms with Crippen molar-refractivity contribution in [1.29, 1.82) is 0 Å². The highest BCUT2D eigenvalue weighted by Crippen LogP contribution is 2.32. The summed E-state index contributed by atoms with van der Waals surface area (Å²) in [4.78, 5) is 0. The molecule has 0 saturated carbocycles. The van der Waals surface area contributed by atoms with Crippen molar-refractivity contribution in [2.45, 2.75) is 32.4 Å². The Balaban J connectivity index is 2.35. The van der Waals surface area contributed by atoms with Gasteiger partial charge in [-0.05, 0) is 58.6 Å². The third kappa shape index (κ3) is 3.83. The molecular formula is C17H19BrFNO. The van der Waals surface area contributed by atoms with Gasteiger partial charge in [-0.25, -0.2) is 4.39 Å². The Hall–Kier alpha value is -1.39. The summed E-state index contributed by atoms with van der Waals surface area (Å²) < 4.78 is 19.9. The van der Waals surface area contributed by atoms with E-state index in [-0.39, 0.29) is 18.0 Å². The number of rotatable bonds is 5. The molecule has 0 saturated heterocycles. The van der Waals surface area contributed by atoms with Crippen LogP contribution in [0.25, 0.3) is 0 Å².